The van der Waals surface area contributed by atoms with Crippen molar-refractivity contribution in [3.8, 4) is 0 Å². The zero-order chi connectivity index (χ0) is 15.0. The fourth-order valence-corrected chi connectivity index (χ4v) is 1.90. The fraction of sp³-hybridized carbons (Fsp3) is 0.375. The highest BCUT2D eigenvalue weighted by Crippen LogP contribution is 2.15. The number of carbonyl (C=O) groups excluding carboxylic acids is 1. The van der Waals surface area contributed by atoms with Gasteiger partial charge in [0.15, 0.2) is 0 Å². The summed E-state index contributed by atoms with van der Waals surface area (Å²) in [5, 5.41) is 9.09. The van der Waals surface area contributed by atoms with E-state index in [9.17, 15) is 9.59 Å². The van der Waals surface area contributed by atoms with Crippen molar-refractivity contribution in [2.24, 2.45) is 5.92 Å². The Morgan fingerprint density at radius 3 is 2.50 bits per heavy atom. The van der Waals surface area contributed by atoms with Crippen LogP contribution in [0.3, 0.4) is 0 Å². The van der Waals surface area contributed by atoms with Crippen LogP contribution in [-0.4, -0.2) is 23.1 Å². The first-order valence-corrected chi connectivity index (χ1v) is 6.71. The summed E-state index contributed by atoms with van der Waals surface area (Å²) >= 11 is 0. The minimum absolute atomic E-state index is 0.492. The number of benzene rings is 1. The quantitative estimate of drug-likeness (QED) is 0.614. The summed E-state index contributed by atoms with van der Waals surface area (Å²) in [6.45, 7) is 3.52. The van der Waals surface area contributed by atoms with Crippen molar-refractivity contribution in [3.05, 3.63) is 42.0 Å². The molecule has 2 unspecified atom stereocenters. The standard InChI is InChI=1S/C16H20O4/c1-3-7-14(16(18)19)12(2)20-15(17)11-10-13-8-5-4-6-9-13/h4-6,8-12,14H,3,7H2,1-2H3,(H,18,19). The number of hydrogen-bond acceptors (Lipinski definition) is 3. The van der Waals surface area contributed by atoms with E-state index in [0.29, 0.717) is 6.42 Å². The van der Waals surface area contributed by atoms with Crippen LogP contribution in [0.1, 0.15) is 32.3 Å². The molecule has 0 amide bonds. The number of rotatable bonds is 7. The molecule has 0 heterocycles. The van der Waals surface area contributed by atoms with Gasteiger partial charge in [0.1, 0.15) is 6.10 Å². The molecule has 0 aliphatic heterocycles. The summed E-state index contributed by atoms with van der Waals surface area (Å²) < 4.78 is 5.14. The van der Waals surface area contributed by atoms with E-state index in [1.165, 1.54) is 6.08 Å². The van der Waals surface area contributed by atoms with Gasteiger partial charge >= 0.3 is 11.9 Å². The van der Waals surface area contributed by atoms with E-state index >= 15 is 0 Å². The maximum Gasteiger partial charge on any atom is 0.331 e. The molecule has 2 atom stereocenters. The highest BCUT2D eigenvalue weighted by molar-refractivity contribution is 5.87. The fourth-order valence-electron chi connectivity index (χ4n) is 1.90. The lowest BCUT2D eigenvalue weighted by Gasteiger charge is -2.19. The van der Waals surface area contributed by atoms with Crippen molar-refractivity contribution in [1.29, 1.82) is 0 Å². The van der Waals surface area contributed by atoms with Crippen molar-refractivity contribution in [2.45, 2.75) is 32.8 Å². The number of esters is 1. The summed E-state index contributed by atoms with van der Waals surface area (Å²) in [5.41, 5.74) is 0.889. The van der Waals surface area contributed by atoms with Crippen LogP contribution in [0, 0.1) is 5.92 Å². The minimum Gasteiger partial charge on any atom is -0.481 e. The molecule has 1 rings (SSSR count). The predicted octanol–water partition coefficient (Wildman–Crippen LogP) is 3.13. The normalized spacial score (nSPS) is 13.9. The highest BCUT2D eigenvalue weighted by Gasteiger charge is 2.26. The number of carbonyl (C=O) groups is 2. The summed E-state index contributed by atoms with van der Waals surface area (Å²) in [6.07, 6.45) is 3.55. The second kappa shape index (κ2) is 8.15. The molecule has 0 aliphatic carbocycles. The van der Waals surface area contributed by atoms with Gasteiger partial charge in [-0.1, -0.05) is 43.7 Å². The summed E-state index contributed by atoms with van der Waals surface area (Å²) in [6, 6.07) is 9.36. The molecule has 0 fully saturated rings. The van der Waals surface area contributed by atoms with Crippen molar-refractivity contribution < 1.29 is 19.4 Å². The summed E-state index contributed by atoms with van der Waals surface area (Å²) in [5.74, 6) is -2.11. The molecule has 4 heteroatoms. The highest BCUT2D eigenvalue weighted by atomic mass is 16.5. The number of aliphatic carboxylic acids is 1. The molecule has 1 aromatic carbocycles. The third-order valence-electron chi connectivity index (χ3n) is 3.00. The topological polar surface area (TPSA) is 63.6 Å². The van der Waals surface area contributed by atoms with Gasteiger partial charge in [-0.3, -0.25) is 4.79 Å². The molecule has 0 bridgehead atoms. The summed E-state index contributed by atoms with van der Waals surface area (Å²) in [7, 11) is 0. The van der Waals surface area contributed by atoms with Gasteiger partial charge in [0.05, 0.1) is 5.92 Å². The molecule has 0 aliphatic rings. The lowest BCUT2D eigenvalue weighted by molar-refractivity contribution is -0.154. The minimum atomic E-state index is -0.931. The molecule has 0 saturated carbocycles. The Bertz CT molecular complexity index is 465. The first-order chi connectivity index (χ1) is 9.54. The molecular formula is C16H20O4. The van der Waals surface area contributed by atoms with Crippen LogP contribution in [0.25, 0.3) is 6.08 Å². The molecule has 4 nitrogen and oxygen atoms in total. The van der Waals surface area contributed by atoms with Gasteiger partial charge in [0, 0.05) is 6.08 Å². The van der Waals surface area contributed by atoms with Crippen LogP contribution in [0.15, 0.2) is 36.4 Å². The molecular weight excluding hydrogens is 256 g/mol. The predicted molar refractivity (Wildman–Crippen MR) is 77.1 cm³/mol. The maximum absolute atomic E-state index is 11.7. The Morgan fingerprint density at radius 1 is 1.30 bits per heavy atom. The lowest BCUT2D eigenvalue weighted by atomic mass is 9.98. The Labute approximate surface area is 119 Å². The third-order valence-corrected chi connectivity index (χ3v) is 3.00. The smallest absolute Gasteiger partial charge is 0.331 e. The summed E-state index contributed by atoms with van der Waals surface area (Å²) in [4.78, 5) is 22.7. The van der Waals surface area contributed by atoms with E-state index < -0.39 is 24.0 Å². The number of carboxylic acids is 1. The average Bonchev–Trinajstić information content (AvgIpc) is 2.43. The average molecular weight is 276 g/mol. The van der Waals surface area contributed by atoms with Crippen molar-refractivity contribution in [3.63, 3.8) is 0 Å². The van der Waals surface area contributed by atoms with E-state index in [1.54, 1.807) is 13.0 Å². The Morgan fingerprint density at radius 2 is 1.95 bits per heavy atom. The second-order valence-electron chi connectivity index (χ2n) is 4.62. The van der Waals surface area contributed by atoms with Gasteiger partial charge in [-0.05, 0) is 25.0 Å². The van der Waals surface area contributed by atoms with Crippen molar-refractivity contribution in [1.82, 2.24) is 0 Å². The zero-order valence-corrected chi connectivity index (χ0v) is 11.8. The van der Waals surface area contributed by atoms with Crippen LogP contribution in [0.2, 0.25) is 0 Å². The van der Waals surface area contributed by atoms with Gasteiger partial charge in [-0.15, -0.1) is 0 Å². The van der Waals surface area contributed by atoms with Crippen molar-refractivity contribution in [2.75, 3.05) is 0 Å². The van der Waals surface area contributed by atoms with Gasteiger partial charge < -0.3 is 9.84 Å². The van der Waals surface area contributed by atoms with Crippen molar-refractivity contribution >= 4 is 18.0 Å². The van der Waals surface area contributed by atoms with Gasteiger partial charge in [0.2, 0.25) is 0 Å². The van der Waals surface area contributed by atoms with E-state index in [1.807, 2.05) is 37.3 Å². The largest absolute Gasteiger partial charge is 0.481 e. The lowest BCUT2D eigenvalue weighted by Crippen LogP contribution is -2.29. The maximum atomic E-state index is 11.7. The van der Waals surface area contributed by atoms with Gasteiger partial charge in [-0.25, -0.2) is 4.79 Å². The van der Waals surface area contributed by atoms with Gasteiger partial charge in [-0.2, -0.15) is 0 Å². The molecule has 0 spiro atoms. The molecule has 1 N–H and O–H groups in total. The van der Waals surface area contributed by atoms with E-state index in [0.717, 1.165) is 12.0 Å². The van der Waals surface area contributed by atoms with Crippen LogP contribution in [-0.2, 0) is 14.3 Å². The first kappa shape index (κ1) is 16.0. The van der Waals surface area contributed by atoms with Crippen LogP contribution >= 0.6 is 0 Å². The van der Waals surface area contributed by atoms with E-state index in [-0.39, 0.29) is 0 Å². The number of carboxylic acid groups (broad SMARTS) is 1. The van der Waals surface area contributed by atoms with Gasteiger partial charge in [0.25, 0.3) is 0 Å². The molecule has 108 valence electrons. The molecule has 20 heavy (non-hydrogen) atoms. The van der Waals surface area contributed by atoms with Crippen LogP contribution in [0.4, 0.5) is 0 Å². The number of ether oxygens (including phenoxy) is 1. The zero-order valence-electron chi connectivity index (χ0n) is 11.8. The monoisotopic (exact) mass is 276 g/mol. The molecule has 0 aromatic heterocycles. The first-order valence-electron chi connectivity index (χ1n) is 6.71. The molecule has 0 radical (unpaired) electrons. The Kier molecular flexibility index (Phi) is 6.50. The van der Waals surface area contributed by atoms with Crippen LogP contribution < -0.4 is 0 Å². The number of hydrogen-bond donors (Lipinski definition) is 1. The van der Waals surface area contributed by atoms with E-state index in [4.69, 9.17) is 9.84 Å². The SMILES string of the molecule is CCCC(C(=O)O)C(C)OC(=O)C=Cc1ccccc1. The second-order valence-corrected chi connectivity index (χ2v) is 4.62. The van der Waals surface area contributed by atoms with E-state index in [2.05, 4.69) is 0 Å². The Hall–Kier alpha value is -2.10. The molecule has 0 saturated heterocycles. The molecule has 1 aromatic rings. The Balaban J connectivity index is 2.56. The third kappa shape index (κ3) is 5.26. The van der Waals surface area contributed by atoms with Crippen LogP contribution in [0.5, 0.6) is 0 Å².